The van der Waals surface area contributed by atoms with Crippen LogP contribution in [0.5, 0.6) is 5.75 Å². The number of ether oxygens (including phenoxy) is 1. The predicted octanol–water partition coefficient (Wildman–Crippen LogP) is 4.26. The first-order chi connectivity index (χ1) is 11.9. The maximum Gasteiger partial charge on any atom is 0.265 e. The second kappa shape index (κ2) is 8.87. The first kappa shape index (κ1) is 19.3. The van der Waals surface area contributed by atoms with Gasteiger partial charge in [0.25, 0.3) is 11.8 Å². The van der Waals surface area contributed by atoms with Gasteiger partial charge >= 0.3 is 0 Å². The van der Waals surface area contributed by atoms with E-state index in [1.165, 1.54) is 0 Å². The minimum Gasteiger partial charge on any atom is -0.480 e. The van der Waals surface area contributed by atoms with Crippen LogP contribution in [0.3, 0.4) is 0 Å². The van der Waals surface area contributed by atoms with E-state index < -0.39 is 6.10 Å². The van der Waals surface area contributed by atoms with E-state index >= 15 is 0 Å². The topological polar surface area (TPSA) is 67.4 Å². The maximum absolute atomic E-state index is 12.3. The molecule has 0 aromatic heterocycles. The van der Waals surface area contributed by atoms with Crippen molar-refractivity contribution in [2.24, 2.45) is 0 Å². The quantitative estimate of drug-likeness (QED) is 0.727. The molecule has 0 spiro atoms. The molecule has 2 amide bonds. The van der Waals surface area contributed by atoms with Crippen molar-refractivity contribution in [3.05, 3.63) is 57.5 Å². The van der Waals surface area contributed by atoms with E-state index in [4.69, 9.17) is 16.3 Å². The fraction of sp³-hybridized carbons (Fsp3) is 0.222. The molecular formula is C18H18BrClN2O3. The summed E-state index contributed by atoms with van der Waals surface area (Å²) >= 11 is 9.23. The zero-order chi connectivity index (χ0) is 18.4. The fourth-order valence-corrected chi connectivity index (χ4v) is 2.80. The minimum absolute atomic E-state index is 0.148. The molecule has 7 heteroatoms. The molecule has 132 valence electrons. The lowest BCUT2D eigenvalue weighted by Crippen LogP contribution is -2.30. The average Bonchev–Trinajstić information content (AvgIpc) is 2.58. The third-order valence-corrected chi connectivity index (χ3v) is 4.17. The molecule has 2 rings (SSSR count). The summed E-state index contributed by atoms with van der Waals surface area (Å²) in [6.07, 6.45) is -0.708. The number of benzene rings is 2. The van der Waals surface area contributed by atoms with Crippen LogP contribution in [0.15, 0.2) is 46.9 Å². The van der Waals surface area contributed by atoms with Crippen molar-refractivity contribution in [3.63, 3.8) is 0 Å². The summed E-state index contributed by atoms with van der Waals surface area (Å²) in [5, 5.41) is 6.04. The number of hydrogen-bond donors (Lipinski definition) is 2. The largest absolute Gasteiger partial charge is 0.480 e. The lowest BCUT2D eigenvalue weighted by molar-refractivity contribution is -0.122. The number of carbonyl (C=O) groups is 2. The molecular weight excluding hydrogens is 408 g/mol. The van der Waals surface area contributed by atoms with Crippen LogP contribution < -0.4 is 15.4 Å². The Kier molecular flexibility index (Phi) is 6.84. The molecule has 0 saturated carbocycles. The number of halogens is 2. The fourth-order valence-electron chi connectivity index (χ4n) is 2.03. The highest BCUT2D eigenvalue weighted by Crippen LogP contribution is 2.28. The molecule has 0 fully saturated rings. The standard InChI is InChI=1S/C18H18BrClN2O3/c1-3-21-18(24)12-4-7-14(8-5-12)22-17(23)11(2)25-16-9-6-13(20)10-15(16)19/h4-11H,3H2,1-2H3,(H,21,24)(H,22,23). The van der Waals surface area contributed by atoms with Crippen molar-refractivity contribution >= 4 is 45.0 Å². The van der Waals surface area contributed by atoms with Crippen molar-refractivity contribution in [3.8, 4) is 5.75 Å². The van der Waals surface area contributed by atoms with Gasteiger partial charge in [0.05, 0.1) is 4.47 Å². The van der Waals surface area contributed by atoms with Crippen molar-refractivity contribution in [1.82, 2.24) is 5.32 Å². The van der Waals surface area contributed by atoms with Gasteiger partial charge in [-0.1, -0.05) is 11.6 Å². The molecule has 1 unspecified atom stereocenters. The minimum atomic E-state index is -0.708. The Bertz CT molecular complexity index is 765. The maximum atomic E-state index is 12.3. The Labute approximate surface area is 159 Å². The molecule has 0 heterocycles. The van der Waals surface area contributed by atoms with Crippen LogP contribution in [-0.4, -0.2) is 24.5 Å². The van der Waals surface area contributed by atoms with Crippen molar-refractivity contribution in [1.29, 1.82) is 0 Å². The van der Waals surface area contributed by atoms with E-state index in [0.717, 1.165) is 0 Å². The highest BCUT2D eigenvalue weighted by molar-refractivity contribution is 9.10. The van der Waals surface area contributed by atoms with Gasteiger partial charge in [0.1, 0.15) is 5.75 Å². The number of hydrogen-bond acceptors (Lipinski definition) is 3. The van der Waals surface area contributed by atoms with E-state index in [2.05, 4.69) is 26.6 Å². The smallest absolute Gasteiger partial charge is 0.265 e. The number of amides is 2. The normalized spacial score (nSPS) is 11.5. The lowest BCUT2D eigenvalue weighted by Gasteiger charge is -2.16. The van der Waals surface area contributed by atoms with Crippen LogP contribution >= 0.6 is 27.5 Å². The second-order valence-corrected chi connectivity index (χ2v) is 6.55. The number of nitrogens with one attached hydrogen (secondary N) is 2. The van der Waals surface area contributed by atoms with Crippen molar-refractivity contribution in [2.75, 3.05) is 11.9 Å². The molecule has 2 aromatic carbocycles. The molecule has 0 aliphatic carbocycles. The molecule has 0 aliphatic heterocycles. The highest BCUT2D eigenvalue weighted by atomic mass is 79.9. The van der Waals surface area contributed by atoms with Gasteiger partial charge in [-0.25, -0.2) is 0 Å². The summed E-state index contributed by atoms with van der Waals surface area (Å²) in [7, 11) is 0. The Morgan fingerprint density at radius 3 is 2.48 bits per heavy atom. The van der Waals surface area contributed by atoms with Gasteiger partial charge in [-0.05, 0) is 72.2 Å². The molecule has 25 heavy (non-hydrogen) atoms. The van der Waals surface area contributed by atoms with Gasteiger partial charge in [-0.15, -0.1) is 0 Å². The molecule has 0 saturated heterocycles. The van der Waals surface area contributed by atoms with Crippen molar-refractivity contribution < 1.29 is 14.3 Å². The molecule has 2 aromatic rings. The summed E-state index contributed by atoms with van der Waals surface area (Å²) in [6, 6.07) is 11.7. The van der Waals surface area contributed by atoms with Gasteiger partial charge in [-0.3, -0.25) is 9.59 Å². The zero-order valence-electron chi connectivity index (χ0n) is 13.8. The Morgan fingerprint density at radius 2 is 1.88 bits per heavy atom. The summed E-state index contributed by atoms with van der Waals surface area (Å²) in [4.78, 5) is 24.0. The van der Waals surface area contributed by atoms with E-state index in [-0.39, 0.29) is 11.8 Å². The Morgan fingerprint density at radius 1 is 1.20 bits per heavy atom. The van der Waals surface area contributed by atoms with Crippen LogP contribution in [-0.2, 0) is 4.79 Å². The van der Waals surface area contributed by atoms with Gasteiger partial charge in [0, 0.05) is 22.8 Å². The third kappa shape index (κ3) is 5.47. The summed E-state index contributed by atoms with van der Waals surface area (Å²) in [5.41, 5.74) is 1.12. The van der Waals surface area contributed by atoms with Crippen LogP contribution in [0, 0.1) is 0 Å². The summed E-state index contributed by atoms with van der Waals surface area (Å²) < 4.78 is 6.32. The highest BCUT2D eigenvalue weighted by Gasteiger charge is 2.16. The molecule has 5 nitrogen and oxygen atoms in total. The zero-order valence-corrected chi connectivity index (χ0v) is 16.1. The first-order valence-corrected chi connectivity index (χ1v) is 8.88. The number of carbonyl (C=O) groups excluding carboxylic acids is 2. The Balaban J connectivity index is 1.97. The van der Waals surface area contributed by atoms with Gasteiger partial charge in [0.15, 0.2) is 6.10 Å². The van der Waals surface area contributed by atoms with Crippen LogP contribution in [0.1, 0.15) is 24.2 Å². The third-order valence-electron chi connectivity index (χ3n) is 3.32. The summed E-state index contributed by atoms with van der Waals surface area (Å²) in [5.74, 6) is 0.0795. The van der Waals surface area contributed by atoms with Gasteiger partial charge in [-0.2, -0.15) is 0 Å². The predicted molar refractivity (Wildman–Crippen MR) is 102 cm³/mol. The Hall–Kier alpha value is -2.05. The van der Waals surface area contributed by atoms with Gasteiger partial charge in [0.2, 0.25) is 0 Å². The summed E-state index contributed by atoms with van der Waals surface area (Å²) in [6.45, 7) is 4.07. The van der Waals surface area contributed by atoms with Gasteiger partial charge < -0.3 is 15.4 Å². The van der Waals surface area contributed by atoms with Crippen molar-refractivity contribution in [2.45, 2.75) is 20.0 Å². The molecule has 0 radical (unpaired) electrons. The second-order valence-electron chi connectivity index (χ2n) is 5.26. The molecule has 0 aliphatic rings. The van der Waals surface area contributed by atoms with Crippen LogP contribution in [0.25, 0.3) is 0 Å². The lowest BCUT2D eigenvalue weighted by atomic mass is 10.2. The molecule has 0 bridgehead atoms. The average molecular weight is 426 g/mol. The monoisotopic (exact) mass is 424 g/mol. The molecule has 1 atom stereocenters. The van der Waals surface area contributed by atoms with E-state index in [1.54, 1.807) is 49.4 Å². The van der Waals surface area contributed by atoms with Crippen LogP contribution in [0.2, 0.25) is 5.02 Å². The van der Waals surface area contributed by atoms with E-state index in [1.807, 2.05) is 6.92 Å². The number of rotatable bonds is 6. The molecule has 2 N–H and O–H groups in total. The first-order valence-electron chi connectivity index (χ1n) is 7.71. The van der Waals surface area contributed by atoms with E-state index in [9.17, 15) is 9.59 Å². The SMILES string of the molecule is CCNC(=O)c1ccc(NC(=O)C(C)Oc2ccc(Cl)cc2Br)cc1. The van der Waals surface area contributed by atoms with Crippen LogP contribution in [0.4, 0.5) is 5.69 Å². The van der Waals surface area contributed by atoms with E-state index in [0.29, 0.717) is 33.0 Å². The number of anilines is 1.